The highest BCUT2D eigenvalue weighted by Crippen LogP contribution is 2.49. The molecule has 0 aliphatic carbocycles. The largest absolute Gasteiger partial charge is 0.332 e. The van der Waals surface area contributed by atoms with Crippen LogP contribution in [0.3, 0.4) is 0 Å². The Balaban J connectivity index is 1.94. The molecule has 21 heavy (non-hydrogen) atoms. The molecular weight excluding hydrogens is 285 g/mol. The first-order chi connectivity index (χ1) is 10.2. The van der Waals surface area contributed by atoms with Crippen LogP contribution in [0.4, 0.5) is 0 Å². The summed E-state index contributed by atoms with van der Waals surface area (Å²) in [5.41, 5.74) is 7.43. The van der Waals surface area contributed by atoms with Crippen LogP contribution in [0.15, 0.2) is 60.7 Å². The molecule has 0 saturated carbocycles. The van der Waals surface area contributed by atoms with Crippen molar-refractivity contribution in [1.29, 1.82) is 0 Å². The van der Waals surface area contributed by atoms with Gasteiger partial charge in [0.1, 0.15) is 0 Å². The van der Waals surface area contributed by atoms with Crippen molar-refractivity contribution in [3.63, 3.8) is 0 Å². The molecule has 2 aromatic carbocycles. The first kappa shape index (κ1) is 15.9. The van der Waals surface area contributed by atoms with Gasteiger partial charge in [0, 0.05) is 6.54 Å². The highest BCUT2D eigenvalue weighted by atomic mass is 31.2. The molecule has 0 aliphatic heterocycles. The Kier molecular flexibility index (Phi) is 6.15. The Bertz CT molecular complexity index is 527. The third kappa shape index (κ3) is 5.44. The summed E-state index contributed by atoms with van der Waals surface area (Å²) < 4.78 is 23.7. The summed E-state index contributed by atoms with van der Waals surface area (Å²) in [5, 5.41) is 0. The topological polar surface area (TPSA) is 61.6 Å². The Labute approximate surface area is 125 Å². The standard InChI is InChI=1S/C16H20NO3P/c17-11-12-21(18,19-13-15-7-3-1-4-8-15)20-14-16-9-5-2-6-10-16/h1-10H,11-14,17H2. The fourth-order valence-corrected chi connectivity index (χ4v) is 3.16. The number of hydrogen-bond acceptors (Lipinski definition) is 4. The van der Waals surface area contributed by atoms with Gasteiger partial charge in [-0.25, -0.2) is 0 Å². The first-order valence-electron chi connectivity index (χ1n) is 6.88. The molecule has 0 saturated heterocycles. The van der Waals surface area contributed by atoms with Crippen LogP contribution in [0.2, 0.25) is 0 Å². The Hall–Kier alpha value is -1.45. The quantitative estimate of drug-likeness (QED) is 0.757. The second-order valence-electron chi connectivity index (χ2n) is 4.64. The Morgan fingerprint density at radius 3 is 1.62 bits per heavy atom. The molecule has 0 bridgehead atoms. The molecule has 2 N–H and O–H groups in total. The van der Waals surface area contributed by atoms with E-state index in [2.05, 4.69) is 0 Å². The Morgan fingerprint density at radius 1 is 0.810 bits per heavy atom. The predicted molar refractivity (Wildman–Crippen MR) is 84.0 cm³/mol. The maximum atomic E-state index is 12.6. The lowest BCUT2D eigenvalue weighted by Gasteiger charge is -2.18. The van der Waals surface area contributed by atoms with E-state index in [4.69, 9.17) is 14.8 Å². The van der Waals surface area contributed by atoms with Gasteiger partial charge in [0.05, 0.1) is 19.4 Å². The molecule has 0 heterocycles. The summed E-state index contributed by atoms with van der Waals surface area (Å²) in [6.07, 6.45) is 0.215. The molecule has 0 fully saturated rings. The maximum Gasteiger partial charge on any atom is 0.332 e. The van der Waals surface area contributed by atoms with Crippen molar-refractivity contribution in [2.45, 2.75) is 13.2 Å². The summed E-state index contributed by atoms with van der Waals surface area (Å²) >= 11 is 0. The number of nitrogens with two attached hydrogens (primary N) is 1. The van der Waals surface area contributed by atoms with Crippen LogP contribution in [-0.2, 0) is 26.8 Å². The Morgan fingerprint density at radius 2 is 1.24 bits per heavy atom. The highest BCUT2D eigenvalue weighted by Gasteiger charge is 2.23. The van der Waals surface area contributed by atoms with E-state index in [-0.39, 0.29) is 25.9 Å². The van der Waals surface area contributed by atoms with Crippen LogP contribution >= 0.6 is 7.60 Å². The fourth-order valence-electron chi connectivity index (χ4n) is 1.82. The molecule has 2 rings (SSSR count). The number of rotatable bonds is 8. The van der Waals surface area contributed by atoms with Crippen LogP contribution in [0.1, 0.15) is 11.1 Å². The molecule has 4 nitrogen and oxygen atoms in total. The second-order valence-corrected chi connectivity index (χ2v) is 6.83. The van der Waals surface area contributed by atoms with E-state index in [0.717, 1.165) is 11.1 Å². The lowest BCUT2D eigenvalue weighted by atomic mass is 10.2. The minimum absolute atomic E-state index is 0.215. The van der Waals surface area contributed by atoms with Gasteiger partial charge in [-0.3, -0.25) is 4.57 Å². The maximum absolute atomic E-state index is 12.6. The van der Waals surface area contributed by atoms with Crippen molar-refractivity contribution in [3.8, 4) is 0 Å². The fraction of sp³-hybridized carbons (Fsp3) is 0.250. The van der Waals surface area contributed by atoms with Crippen molar-refractivity contribution in [2.24, 2.45) is 5.73 Å². The van der Waals surface area contributed by atoms with E-state index in [1.165, 1.54) is 0 Å². The molecule has 0 amide bonds. The minimum atomic E-state index is -3.18. The van der Waals surface area contributed by atoms with Crippen molar-refractivity contribution in [2.75, 3.05) is 12.7 Å². The summed E-state index contributed by atoms with van der Waals surface area (Å²) in [5.74, 6) is 0. The zero-order valence-electron chi connectivity index (χ0n) is 11.9. The summed E-state index contributed by atoms with van der Waals surface area (Å²) in [6.45, 7) is 0.778. The normalized spacial score (nSPS) is 11.5. The lowest BCUT2D eigenvalue weighted by molar-refractivity contribution is 0.191. The first-order valence-corrected chi connectivity index (χ1v) is 8.61. The average Bonchev–Trinajstić information content (AvgIpc) is 2.54. The van der Waals surface area contributed by atoms with Gasteiger partial charge in [-0.15, -0.1) is 0 Å². The van der Waals surface area contributed by atoms with Gasteiger partial charge < -0.3 is 14.8 Å². The van der Waals surface area contributed by atoms with Gasteiger partial charge in [-0.2, -0.15) is 0 Å². The molecular formula is C16H20NO3P. The highest BCUT2D eigenvalue weighted by molar-refractivity contribution is 7.53. The number of hydrogen-bond donors (Lipinski definition) is 1. The molecule has 112 valence electrons. The smallest absolute Gasteiger partial charge is 0.330 e. The molecule has 0 aromatic heterocycles. The minimum Gasteiger partial charge on any atom is -0.330 e. The van der Waals surface area contributed by atoms with Gasteiger partial charge in [0.2, 0.25) is 0 Å². The third-order valence-corrected chi connectivity index (χ3v) is 4.80. The van der Waals surface area contributed by atoms with Crippen LogP contribution < -0.4 is 5.73 Å². The third-order valence-electron chi connectivity index (χ3n) is 2.94. The second kappa shape index (κ2) is 8.11. The van der Waals surface area contributed by atoms with Crippen LogP contribution in [-0.4, -0.2) is 12.7 Å². The van der Waals surface area contributed by atoms with Crippen LogP contribution in [0.5, 0.6) is 0 Å². The van der Waals surface area contributed by atoms with Gasteiger partial charge in [0.15, 0.2) is 0 Å². The molecule has 0 unspecified atom stereocenters. The van der Waals surface area contributed by atoms with Gasteiger partial charge in [-0.05, 0) is 11.1 Å². The summed E-state index contributed by atoms with van der Waals surface area (Å²) in [6, 6.07) is 19.2. The van der Waals surface area contributed by atoms with Crippen molar-refractivity contribution >= 4 is 7.60 Å². The molecule has 5 heteroatoms. The van der Waals surface area contributed by atoms with E-state index in [0.29, 0.717) is 0 Å². The average molecular weight is 305 g/mol. The van der Waals surface area contributed by atoms with Gasteiger partial charge in [0.25, 0.3) is 0 Å². The monoisotopic (exact) mass is 305 g/mol. The molecule has 2 aromatic rings. The van der Waals surface area contributed by atoms with Crippen molar-refractivity contribution < 1.29 is 13.6 Å². The summed E-state index contributed by atoms with van der Waals surface area (Å²) in [7, 11) is -3.18. The molecule has 0 atom stereocenters. The van der Waals surface area contributed by atoms with Crippen LogP contribution in [0, 0.1) is 0 Å². The van der Waals surface area contributed by atoms with E-state index in [1.54, 1.807) is 0 Å². The van der Waals surface area contributed by atoms with Crippen LogP contribution in [0.25, 0.3) is 0 Å². The lowest BCUT2D eigenvalue weighted by Crippen LogP contribution is -2.09. The van der Waals surface area contributed by atoms with E-state index in [9.17, 15) is 4.57 Å². The molecule has 0 spiro atoms. The van der Waals surface area contributed by atoms with E-state index < -0.39 is 7.60 Å². The zero-order valence-corrected chi connectivity index (χ0v) is 12.7. The number of benzene rings is 2. The predicted octanol–water partition coefficient (Wildman–Crippen LogP) is 3.57. The molecule has 0 radical (unpaired) electrons. The van der Waals surface area contributed by atoms with Crippen molar-refractivity contribution in [3.05, 3.63) is 71.8 Å². The zero-order chi connectivity index (χ0) is 15.0. The van der Waals surface area contributed by atoms with Crippen molar-refractivity contribution in [1.82, 2.24) is 0 Å². The van der Waals surface area contributed by atoms with Gasteiger partial charge >= 0.3 is 7.60 Å². The van der Waals surface area contributed by atoms with Gasteiger partial charge in [-0.1, -0.05) is 60.7 Å². The summed E-state index contributed by atoms with van der Waals surface area (Å²) in [4.78, 5) is 0. The van der Waals surface area contributed by atoms with E-state index >= 15 is 0 Å². The van der Waals surface area contributed by atoms with E-state index in [1.807, 2.05) is 60.7 Å². The molecule has 0 aliphatic rings. The SMILES string of the molecule is NCCP(=O)(OCc1ccccc1)OCc1ccccc1.